The number of pyridine rings is 1. The number of rotatable bonds is 2. The van der Waals surface area contributed by atoms with Crippen LogP contribution in [-0.2, 0) is 0 Å². The van der Waals surface area contributed by atoms with E-state index < -0.39 is 11.5 Å². The summed E-state index contributed by atoms with van der Waals surface area (Å²) in [4.78, 5) is 29.2. The Kier molecular flexibility index (Phi) is 3.58. The molecule has 0 saturated heterocycles. The van der Waals surface area contributed by atoms with E-state index >= 15 is 0 Å². The fourth-order valence-electron chi connectivity index (χ4n) is 4.32. The quantitative estimate of drug-likeness (QED) is 0.375. The van der Waals surface area contributed by atoms with E-state index in [1.165, 1.54) is 0 Å². The first-order valence-corrected chi connectivity index (χ1v) is 9.71. The molecule has 0 radical (unpaired) electrons. The van der Waals surface area contributed by atoms with Gasteiger partial charge in [0.05, 0.1) is 36.0 Å². The number of hydrogen-bond donors (Lipinski definition) is 3. The molecule has 0 spiro atoms. The molecule has 8 heteroatoms. The molecule has 152 valence electrons. The minimum absolute atomic E-state index is 0.293. The molecule has 0 amide bonds. The molecule has 0 fully saturated rings. The molecule has 2 aromatic carbocycles. The summed E-state index contributed by atoms with van der Waals surface area (Å²) in [5, 5.41) is 11.9. The Labute approximate surface area is 174 Å². The van der Waals surface area contributed by atoms with Crippen LogP contribution in [0.5, 0.6) is 5.75 Å². The summed E-state index contributed by atoms with van der Waals surface area (Å²) in [5.41, 5.74) is 2.47. The monoisotopic (exact) mass is 412 g/mol. The standard InChI is InChI=1S/C23H16N4O4/c1-30-12-7-6-11-8-14(22(28)25-16(11)9-12)18-15-10-24-27-21(15)26-20-13-4-2-3-5-17(13)31-23(29)19(18)20/h2-10,18H,1H3,(H,25,28)(H2,24,26,27). The van der Waals surface area contributed by atoms with Gasteiger partial charge in [0, 0.05) is 22.6 Å². The first kappa shape index (κ1) is 17.5. The van der Waals surface area contributed by atoms with Gasteiger partial charge < -0.3 is 19.5 Å². The maximum absolute atomic E-state index is 13.2. The Hall–Kier alpha value is -4.33. The van der Waals surface area contributed by atoms with Crippen molar-refractivity contribution in [2.75, 3.05) is 12.4 Å². The molecule has 6 rings (SSSR count). The van der Waals surface area contributed by atoms with Crippen LogP contribution in [0.1, 0.15) is 22.6 Å². The molecule has 0 bridgehead atoms. The van der Waals surface area contributed by atoms with Gasteiger partial charge in [-0.25, -0.2) is 4.79 Å². The highest BCUT2D eigenvalue weighted by molar-refractivity contribution is 5.95. The van der Waals surface area contributed by atoms with E-state index in [2.05, 4.69) is 20.5 Å². The number of methoxy groups -OCH3 is 1. The number of para-hydroxylation sites is 1. The van der Waals surface area contributed by atoms with Crippen LogP contribution in [0.4, 0.5) is 11.5 Å². The molecule has 0 aliphatic carbocycles. The van der Waals surface area contributed by atoms with E-state index in [-0.39, 0.29) is 5.56 Å². The highest BCUT2D eigenvalue weighted by Crippen LogP contribution is 2.44. The minimum Gasteiger partial charge on any atom is -0.497 e. The Morgan fingerprint density at radius 2 is 1.94 bits per heavy atom. The van der Waals surface area contributed by atoms with Crippen molar-refractivity contribution in [2.24, 2.45) is 0 Å². The number of anilines is 2. The average Bonchev–Trinajstić information content (AvgIpc) is 3.25. The fourth-order valence-corrected chi connectivity index (χ4v) is 4.32. The van der Waals surface area contributed by atoms with Crippen LogP contribution in [-0.4, -0.2) is 22.3 Å². The van der Waals surface area contributed by atoms with E-state index in [1.807, 2.05) is 30.3 Å². The van der Waals surface area contributed by atoms with Gasteiger partial charge in [-0.3, -0.25) is 9.89 Å². The predicted molar refractivity (Wildman–Crippen MR) is 116 cm³/mol. The van der Waals surface area contributed by atoms with Crippen LogP contribution in [0.15, 0.2) is 68.7 Å². The first-order chi connectivity index (χ1) is 15.1. The van der Waals surface area contributed by atoms with E-state index in [9.17, 15) is 9.59 Å². The van der Waals surface area contributed by atoms with Gasteiger partial charge in [-0.05, 0) is 35.7 Å². The fraction of sp³-hybridized carbons (Fsp3) is 0.0870. The van der Waals surface area contributed by atoms with Crippen LogP contribution in [0.25, 0.3) is 21.9 Å². The maximum Gasteiger partial charge on any atom is 0.342 e. The largest absolute Gasteiger partial charge is 0.497 e. The van der Waals surface area contributed by atoms with Crippen LogP contribution in [0, 0.1) is 0 Å². The number of aromatic amines is 2. The number of ether oxygens (including phenoxy) is 1. The molecule has 8 nitrogen and oxygen atoms in total. The third kappa shape index (κ3) is 2.51. The molecule has 1 atom stereocenters. The van der Waals surface area contributed by atoms with Gasteiger partial charge in [0.15, 0.2) is 0 Å². The number of hydrogen-bond acceptors (Lipinski definition) is 6. The zero-order valence-electron chi connectivity index (χ0n) is 16.4. The van der Waals surface area contributed by atoms with Gasteiger partial charge in [-0.15, -0.1) is 0 Å². The second-order valence-electron chi connectivity index (χ2n) is 7.44. The SMILES string of the molecule is COc1ccc2cc(C3c4cn[nH]c4Nc4c3c(=O)oc3ccccc43)c(=O)[nH]c2c1. The lowest BCUT2D eigenvalue weighted by molar-refractivity contribution is 0.415. The molecule has 1 unspecified atom stereocenters. The lowest BCUT2D eigenvalue weighted by Crippen LogP contribution is -2.26. The van der Waals surface area contributed by atoms with E-state index in [0.717, 1.165) is 10.8 Å². The molecule has 4 heterocycles. The third-order valence-corrected chi connectivity index (χ3v) is 5.76. The van der Waals surface area contributed by atoms with Crippen LogP contribution in [0.3, 0.4) is 0 Å². The number of fused-ring (bicyclic) bond motifs is 5. The number of benzene rings is 2. The molecular weight excluding hydrogens is 396 g/mol. The topological polar surface area (TPSA) is 113 Å². The highest BCUT2D eigenvalue weighted by atomic mass is 16.5. The van der Waals surface area contributed by atoms with E-state index in [4.69, 9.17) is 9.15 Å². The Morgan fingerprint density at radius 3 is 2.81 bits per heavy atom. The second-order valence-corrected chi connectivity index (χ2v) is 7.44. The lowest BCUT2D eigenvalue weighted by atomic mass is 9.83. The van der Waals surface area contributed by atoms with Gasteiger partial charge in [0.2, 0.25) is 0 Å². The van der Waals surface area contributed by atoms with Crippen molar-refractivity contribution in [3.8, 4) is 5.75 Å². The van der Waals surface area contributed by atoms with Crippen molar-refractivity contribution in [3.63, 3.8) is 0 Å². The number of nitrogens with one attached hydrogen (secondary N) is 3. The van der Waals surface area contributed by atoms with Crippen molar-refractivity contribution >= 4 is 33.4 Å². The van der Waals surface area contributed by atoms with Crippen LogP contribution >= 0.6 is 0 Å². The predicted octanol–water partition coefficient (Wildman–Crippen LogP) is 3.60. The number of H-pyrrole nitrogens is 2. The normalized spacial score (nSPS) is 14.8. The second kappa shape index (κ2) is 6.33. The zero-order valence-corrected chi connectivity index (χ0v) is 16.4. The van der Waals surface area contributed by atoms with Gasteiger partial charge in [0.1, 0.15) is 17.2 Å². The minimum atomic E-state index is -0.638. The van der Waals surface area contributed by atoms with E-state index in [1.54, 1.807) is 31.5 Å². The highest BCUT2D eigenvalue weighted by Gasteiger charge is 2.35. The summed E-state index contributed by atoms with van der Waals surface area (Å²) in [6.45, 7) is 0. The molecule has 5 aromatic rings. The molecular formula is C23H16N4O4. The van der Waals surface area contributed by atoms with Gasteiger partial charge in [0.25, 0.3) is 5.56 Å². The third-order valence-electron chi connectivity index (χ3n) is 5.76. The first-order valence-electron chi connectivity index (χ1n) is 9.71. The molecule has 3 N–H and O–H groups in total. The summed E-state index contributed by atoms with van der Waals surface area (Å²) >= 11 is 0. The molecule has 1 aliphatic heterocycles. The van der Waals surface area contributed by atoms with Crippen molar-refractivity contribution in [1.29, 1.82) is 0 Å². The Morgan fingerprint density at radius 1 is 1.06 bits per heavy atom. The summed E-state index contributed by atoms with van der Waals surface area (Å²) in [6.07, 6.45) is 1.63. The zero-order chi connectivity index (χ0) is 21.1. The van der Waals surface area contributed by atoms with Gasteiger partial charge in [-0.1, -0.05) is 12.1 Å². The molecule has 1 aliphatic rings. The Bertz CT molecular complexity index is 1610. The molecule has 31 heavy (non-hydrogen) atoms. The lowest BCUT2D eigenvalue weighted by Gasteiger charge is -2.26. The van der Waals surface area contributed by atoms with Crippen LogP contribution < -0.4 is 21.2 Å². The van der Waals surface area contributed by atoms with Crippen molar-refractivity contribution in [3.05, 3.63) is 92.2 Å². The summed E-state index contributed by atoms with van der Waals surface area (Å²) in [6, 6.07) is 14.6. The summed E-state index contributed by atoms with van der Waals surface area (Å²) in [7, 11) is 1.57. The van der Waals surface area contributed by atoms with Gasteiger partial charge >= 0.3 is 5.63 Å². The number of aromatic nitrogens is 3. The van der Waals surface area contributed by atoms with Crippen molar-refractivity contribution in [1.82, 2.24) is 15.2 Å². The Balaban J connectivity index is 1.68. The molecule has 0 saturated carbocycles. The molecule has 3 aromatic heterocycles. The van der Waals surface area contributed by atoms with Crippen molar-refractivity contribution < 1.29 is 9.15 Å². The average molecular weight is 412 g/mol. The van der Waals surface area contributed by atoms with Crippen LogP contribution in [0.2, 0.25) is 0 Å². The maximum atomic E-state index is 13.2. The van der Waals surface area contributed by atoms with E-state index in [0.29, 0.717) is 45.0 Å². The summed E-state index contributed by atoms with van der Waals surface area (Å²) < 4.78 is 10.9. The van der Waals surface area contributed by atoms with Gasteiger partial charge in [-0.2, -0.15) is 5.10 Å². The summed E-state index contributed by atoms with van der Waals surface area (Å²) in [5.74, 6) is 0.649. The smallest absolute Gasteiger partial charge is 0.342 e. The van der Waals surface area contributed by atoms with Crippen molar-refractivity contribution in [2.45, 2.75) is 5.92 Å². The number of nitrogens with zero attached hydrogens (tertiary/aromatic N) is 1.